The molecule has 1 aromatic carbocycles. The van der Waals surface area contributed by atoms with Crippen molar-refractivity contribution in [1.82, 2.24) is 14.5 Å². The number of likely N-dealkylation sites (N-methyl/N-ethyl adjacent to an activating group) is 1. The van der Waals surface area contributed by atoms with E-state index in [0.717, 1.165) is 65.3 Å². The Morgan fingerprint density at radius 2 is 1.83 bits per heavy atom. The van der Waals surface area contributed by atoms with Gasteiger partial charge in [0.25, 0.3) is 0 Å². The summed E-state index contributed by atoms with van der Waals surface area (Å²) in [6.07, 6.45) is 6.58. The van der Waals surface area contributed by atoms with Crippen LogP contribution in [0.4, 0.5) is 4.39 Å². The van der Waals surface area contributed by atoms with Crippen LogP contribution in [0.2, 0.25) is 0 Å². The number of rotatable bonds is 5. The van der Waals surface area contributed by atoms with Gasteiger partial charge in [-0.05, 0) is 75.0 Å². The Morgan fingerprint density at radius 3 is 2.40 bits per heavy atom. The van der Waals surface area contributed by atoms with Crippen molar-refractivity contribution in [2.24, 2.45) is 0 Å². The number of imidazole rings is 1. The molecule has 2 atom stereocenters. The lowest BCUT2D eigenvalue weighted by molar-refractivity contribution is 0.0784. The van der Waals surface area contributed by atoms with Gasteiger partial charge in [0.1, 0.15) is 11.5 Å². The number of hydrogen-bond donors (Lipinski definition) is 0. The highest BCUT2D eigenvalue weighted by Gasteiger charge is 2.35. The van der Waals surface area contributed by atoms with Crippen molar-refractivity contribution >= 4 is 16.6 Å². The predicted molar refractivity (Wildman–Crippen MR) is 148 cm³/mol. The van der Waals surface area contributed by atoms with Crippen LogP contribution in [0.5, 0.6) is 0 Å². The molecule has 2 aliphatic rings. The molecule has 0 N–H and O–H groups in total. The highest BCUT2D eigenvalue weighted by molar-refractivity contribution is 5.85. The molecule has 0 radical (unpaired) electrons. The molecule has 4 nitrogen and oxygen atoms in total. The molecule has 0 spiro atoms. The molecule has 1 aromatic heterocycles. The highest BCUT2D eigenvalue weighted by Crippen LogP contribution is 2.39. The molecule has 1 unspecified atom stereocenters. The van der Waals surface area contributed by atoms with E-state index in [1.165, 1.54) is 0 Å². The van der Waals surface area contributed by atoms with Gasteiger partial charge in [0, 0.05) is 38.1 Å². The second kappa shape index (κ2) is 12.5. The number of aromatic nitrogens is 2. The van der Waals surface area contributed by atoms with Crippen molar-refractivity contribution in [1.29, 1.82) is 0 Å². The zero-order valence-corrected chi connectivity index (χ0v) is 23.4. The minimum atomic E-state index is -1.32. The number of ether oxygens (including phenoxy) is 1. The van der Waals surface area contributed by atoms with E-state index in [-0.39, 0.29) is 6.04 Å². The fraction of sp³-hybridized carbons (Fsp3) is 0.567. The minimum Gasteiger partial charge on any atom is -0.381 e. The first-order chi connectivity index (χ1) is 16.7. The predicted octanol–water partition coefficient (Wildman–Crippen LogP) is 8.43. The third-order valence-electron chi connectivity index (χ3n) is 7.17. The van der Waals surface area contributed by atoms with Crippen molar-refractivity contribution in [3.05, 3.63) is 59.7 Å². The number of fused-ring (bicyclic) bond motifs is 1. The minimum absolute atomic E-state index is 0.296. The van der Waals surface area contributed by atoms with Crippen LogP contribution in [0, 0.1) is 0 Å². The van der Waals surface area contributed by atoms with Gasteiger partial charge in [0.2, 0.25) is 0 Å². The third-order valence-corrected chi connectivity index (χ3v) is 7.17. The van der Waals surface area contributed by atoms with Crippen LogP contribution in [0.25, 0.3) is 16.6 Å². The molecule has 0 saturated carbocycles. The summed E-state index contributed by atoms with van der Waals surface area (Å²) in [5.74, 6) is 1.29. The van der Waals surface area contributed by atoms with Gasteiger partial charge < -0.3 is 14.2 Å². The van der Waals surface area contributed by atoms with Gasteiger partial charge in [-0.25, -0.2) is 9.37 Å². The molecule has 0 amide bonds. The zero-order valence-electron chi connectivity index (χ0n) is 23.4. The molecule has 5 heteroatoms. The topological polar surface area (TPSA) is 30.3 Å². The van der Waals surface area contributed by atoms with E-state index in [1.807, 2.05) is 48.6 Å². The number of alkyl halides is 1. The van der Waals surface area contributed by atoms with E-state index < -0.39 is 5.67 Å². The summed E-state index contributed by atoms with van der Waals surface area (Å²) in [7, 11) is 2.02. The monoisotopic (exact) mass is 483 g/mol. The van der Waals surface area contributed by atoms with Crippen LogP contribution in [0.1, 0.15) is 98.0 Å². The molecule has 0 bridgehead atoms. The van der Waals surface area contributed by atoms with E-state index in [9.17, 15) is 0 Å². The number of nitrogens with zero attached hydrogens (tertiary/aromatic N) is 3. The SMILES string of the molecule is C=C1C(C)=CC(c2ccc3nc(C4CCOCC4)n([C@H](C)C(C)(F)CC)c3c2)=CN1C.CC.CC. The maximum Gasteiger partial charge on any atom is 0.128 e. The lowest BCUT2D eigenvalue weighted by Gasteiger charge is -2.32. The molecule has 2 aromatic rings. The van der Waals surface area contributed by atoms with E-state index in [4.69, 9.17) is 9.72 Å². The Kier molecular flexibility index (Phi) is 10.3. The van der Waals surface area contributed by atoms with Gasteiger partial charge in [-0.2, -0.15) is 0 Å². The Labute approximate surface area is 212 Å². The molecule has 35 heavy (non-hydrogen) atoms. The summed E-state index contributed by atoms with van der Waals surface area (Å²) in [4.78, 5) is 7.07. The molecule has 0 aliphatic carbocycles. The maximum atomic E-state index is 15.5. The number of allylic oxidation sites excluding steroid dienone is 3. The zero-order chi connectivity index (χ0) is 26.3. The highest BCUT2D eigenvalue weighted by atomic mass is 19.1. The molecular weight excluding hydrogens is 437 g/mol. The molecule has 3 heterocycles. The summed E-state index contributed by atoms with van der Waals surface area (Å²) >= 11 is 0. The van der Waals surface area contributed by atoms with E-state index >= 15 is 4.39 Å². The van der Waals surface area contributed by atoms with Gasteiger partial charge in [0.05, 0.1) is 17.1 Å². The van der Waals surface area contributed by atoms with Crippen LogP contribution in [0.3, 0.4) is 0 Å². The van der Waals surface area contributed by atoms with Crippen LogP contribution < -0.4 is 0 Å². The molecule has 4 rings (SSSR count). The van der Waals surface area contributed by atoms with Gasteiger partial charge >= 0.3 is 0 Å². The first-order valence-electron chi connectivity index (χ1n) is 13.3. The third kappa shape index (κ3) is 6.06. The van der Waals surface area contributed by atoms with E-state index in [0.29, 0.717) is 12.3 Å². The smallest absolute Gasteiger partial charge is 0.128 e. The van der Waals surface area contributed by atoms with Gasteiger partial charge in [-0.15, -0.1) is 0 Å². The molecule has 2 aliphatic heterocycles. The van der Waals surface area contributed by atoms with E-state index in [2.05, 4.69) is 53.4 Å². The van der Waals surface area contributed by atoms with Gasteiger partial charge in [0.15, 0.2) is 0 Å². The quantitative estimate of drug-likeness (QED) is 0.427. The Morgan fingerprint density at radius 1 is 1.20 bits per heavy atom. The molecule has 1 saturated heterocycles. The average molecular weight is 484 g/mol. The van der Waals surface area contributed by atoms with Gasteiger partial charge in [-0.3, -0.25) is 0 Å². The second-order valence-electron chi connectivity index (χ2n) is 9.21. The first kappa shape index (κ1) is 28.8. The molecule has 1 fully saturated rings. The number of benzene rings is 1. The number of halogens is 1. The summed E-state index contributed by atoms with van der Waals surface area (Å²) in [5, 5.41) is 0. The molecular formula is C30H46FN3O. The summed E-state index contributed by atoms with van der Waals surface area (Å²) in [6, 6.07) is 6.05. The standard InChI is InChI=1S/C26H34FN3O.2C2H6/c1-7-26(5,27)19(4)30-24-15-21(22-14-17(2)18(3)29(6)16-22)8-9-23(24)28-25(30)20-10-12-31-13-11-20;2*1-2/h8-9,14-16,19-20H,3,7,10-13H2,1-2,4-6H3;2*1-2H3/t19-,26?;;/m1../s1. The average Bonchev–Trinajstić information content (AvgIpc) is 3.28. The lowest BCUT2D eigenvalue weighted by atomic mass is 9.94. The fourth-order valence-electron chi connectivity index (χ4n) is 4.58. The van der Waals surface area contributed by atoms with Crippen molar-refractivity contribution in [2.75, 3.05) is 20.3 Å². The second-order valence-corrected chi connectivity index (χ2v) is 9.21. The normalized spacial score (nSPS) is 19.0. The Hall–Kier alpha value is -2.40. The van der Waals surface area contributed by atoms with Crippen LogP contribution in [-0.2, 0) is 4.74 Å². The van der Waals surface area contributed by atoms with Crippen molar-refractivity contribution in [2.45, 2.75) is 92.3 Å². The largest absolute Gasteiger partial charge is 0.381 e. The van der Waals surface area contributed by atoms with Crippen molar-refractivity contribution in [3.63, 3.8) is 0 Å². The first-order valence-corrected chi connectivity index (χ1v) is 13.3. The van der Waals surface area contributed by atoms with Crippen LogP contribution in [-0.4, -0.2) is 40.4 Å². The Bertz CT molecular complexity index is 1060. The van der Waals surface area contributed by atoms with E-state index in [1.54, 1.807) is 6.92 Å². The number of hydrogen-bond acceptors (Lipinski definition) is 3. The summed E-state index contributed by atoms with van der Waals surface area (Å²) in [6.45, 7) is 21.3. The lowest BCUT2D eigenvalue weighted by Crippen LogP contribution is -2.31. The van der Waals surface area contributed by atoms with Crippen LogP contribution >= 0.6 is 0 Å². The maximum absolute atomic E-state index is 15.5. The van der Waals surface area contributed by atoms with Gasteiger partial charge in [-0.1, -0.05) is 47.3 Å². The molecule has 194 valence electrons. The Balaban J connectivity index is 0.00000103. The van der Waals surface area contributed by atoms with Crippen molar-refractivity contribution in [3.8, 4) is 0 Å². The summed E-state index contributed by atoms with van der Waals surface area (Å²) < 4.78 is 23.3. The summed E-state index contributed by atoms with van der Waals surface area (Å²) in [5.41, 5.74) is 4.99. The van der Waals surface area contributed by atoms with Crippen LogP contribution in [0.15, 0.2) is 48.3 Å². The fourth-order valence-corrected chi connectivity index (χ4v) is 4.58. The van der Waals surface area contributed by atoms with Crippen molar-refractivity contribution < 1.29 is 9.13 Å².